The zero-order valence-corrected chi connectivity index (χ0v) is 12.0. The van der Waals surface area contributed by atoms with Crippen LogP contribution in [0.5, 0.6) is 0 Å². The number of amides is 1. The molecule has 0 aliphatic heterocycles. The number of nitrogens with one attached hydrogen (secondary N) is 1. The molecular formula is C15H18N2O4. The van der Waals surface area contributed by atoms with Crippen molar-refractivity contribution < 1.29 is 19.4 Å². The van der Waals surface area contributed by atoms with E-state index in [-0.39, 0.29) is 18.0 Å². The van der Waals surface area contributed by atoms with Gasteiger partial charge in [-0.1, -0.05) is 18.2 Å². The molecule has 2 rings (SSSR count). The smallest absolute Gasteiger partial charge is 0.352 e. The van der Waals surface area contributed by atoms with Crippen LogP contribution in [0.1, 0.15) is 16.1 Å². The third-order valence-corrected chi connectivity index (χ3v) is 3.41. The standard InChI is InChI=1S/C15H18N2O4/c1-17(7-8-21-2)13(18)9-11-10-5-3-4-6-12(10)16-14(11)15(19)20/h3-6,16H,7-9H2,1-2H3,(H,19,20). The van der Waals surface area contributed by atoms with Crippen molar-refractivity contribution in [2.24, 2.45) is 0 Å². The zero-order chi connectivity index (χ0) is 15.4. The van der Waals surface area contributed by atoms with E-state index in [2.05, 4.69) is 4.98 Å². The summed E-state index contributed by atoms with van der Waals surface area (Å²) in [5.74, 6) is -1.20. The summed E-state index contributed by atoms with van der Waals surface area (Å²) in [7, 11) is 3.25. The number of nitrogens with zero attached hydrogens (tertiary/aromatic N) is 1. The summed E-state index contributed by atoms with van der Waals surface area (Å²) in [6.07, 6.45) is 0.0475. The van der Waals surface area contributed by atoms with E-state index >= 15 is 0 Å². The van der Waals surface area contributed by atoms with Gasteiger partial charge in [-0.25, -0.2) is 4.79 Å². The average molecular weight is 290 g/mol. The molecule has 1 aromatic heterocycles. The van der Waals surface area contributed by atoms with Crippen molar-refractivity contribution in [2.45, 2.75) is 6.42 Å². The Balaban J connectivity index is 2.30. The maximum atomic E-state index is 12.2. The van der Waals surface area contributed by atoms with Crippen LogP contribution in [0.2, 0.25) is 0 Å². The third kappa shape index (κ3) is 3.22. The predicted molar refractivity (Wildman–Crippen MR) is 78.5 cm³/mol. The Morgan fingerprint density at radius 3 is 2.71 bits per heavy atom. The van der Waals surface area contributed by atoms with E-state index in [1.54, 1.807) is 20.2 Å². The van der Waals surface area contributed by atoms with Crippen LogP contribution in [-0.2, 0) is 16.0 Å². The normalized spacial score (nSPS) is 10.8. The lowest BCUT2D eigenvalue weighted by atomic mass is 10.1. The van der Waals surface area contributed by atoms with Crippen LogP contribution in [0, 0.1) is 0 Å². The van der Waals surface area contributed by atoms with Crippen LogP contribution in [0.4, 0.5) is 0 Å². The molecule has 0 radical (unpaired) electrons. The van der Waals surface area contributed by atoms with Crippen LogP contribution >= 0.6 is 0 Å². The number of hydrogen-bond donors (Lipinski definition) is 2. The van der Waals surface area contributed by atoms with E-state index in [1.807, 2.05) is 18.2 Å². The second-order valence-electron chi connectivity index (χ2n) is 4.81. The number of carbonyl (C=O) groups excluding carboxylic acids is 1. The predicted octanol–water partition coefficient (Wildman–Crippen LogP) is 1.51. The molecule has 0 spiro atoms. The van der Waals surface area contributed by atoms with Gasteiger partial charge in [-0.2, -0.15) is 0 Å². The van der Waals surface area contributed by atoms with Crippen molar-refractivity contribution in [3.8, 4) is 0 Å². The minimum atomic E-state index is -1.06. The summed E-state index contributed by atoms with van der Waals surface area (Å²) in [5, 5.41) is 10.1. The molecule has 1 heterocycles. The van der Waals surface area contributed by atoms with Crippen LogP contribution in [0.25, 0.3) is 10.9 Å². The summed E-state index contributed by atoms with van der Waals surface area (Å²) < 4.78 is 4.94. The second-order valence-corrected chi connectivity index (χ2v) is 4.81. The number of hydrogen-bond acceptors (Lipinski definition) is 3. The second kappa shape index (κ2) is 6.41. The van der Waals surface area contributed by atoms with Crippen LogP contribution in [0.3, 0.4) is 0 Å². The number of fused-ring (bicyclic) bond motifs is 1. The number of benzene rings is 1. The molecule has 6 heteroatoms. The van der Waals surface area contributed by atoms with Gasteiger partial charge in [-0.15, -0.1) is 0 Å². The first kappa shape index (κ1) is 15.1. The topological polar surface area (TPSA) is 82.6 Å². The minimum absolute atomic E-state index is 0.0475. The van der Waals surface area contributed by atoms with Crippen molar-refractivity contribution in [1.29, 1.82) is 0 Å². The molecule has 0 bridgehead atoms. The number of carboxylic acid groups (broad SMARTS) is 1. The van der Waals surface area contributed by atoms with Gasteiger partial charge >= 0.3 is 5.97 Å². The van der Waals surface area contributed by atoms with Crippen molar-refractivity contribution in [3.63, 3.8) is 0 Å². The van der Waals surface area contributed by atoms with Gasteiger partial charge in [-0.3, -0.25) is 4.79 Å². The number of aromatic amines is 1. The number of H-pyrrole nitrogens is 1. The molecular weight excluding hydrogens is 272 g/mol. The molecule has 2 aromatic rings. The summed E-state index contributed by atoms with van der Waals surface area (Å²) in [4.78, 5) is 27.9. The van der Waals surface area contributed by atoms with Gasteiger partial charge < -0.3 is 19.7 Å². The summed E-state index contributed by atoms with van der Waals surface area (Å²) in [6, 6.07) is 7.26. The van der Waals surface area contributed by atoms with Gasteiger partial charge in [-0.05, 0) is 6.07 Å². The fraction of sp³-hybridized carbons (Fsp3) is 0.333. The lowest BCUT2D eigenvalue weighted by Gasteiger charge is -2.16. The maximum Gasteiger partial charge on any atom is 0.352 e. The quantitative estimate of drug-likeness (QED) is 0.845. The average Bonchev–Trinajstić information content (AvgIpc) is 2.84. The Morgan fingerprint density at radius 1 is 1.33 bits per heavy atom. The molecule has 0 saturated heterocycles. The lowest BCUT2D eigenvalue weighted by Crippen LogP contribution is -2.31. The first-order valence-electron chi connectivity index (χ1n) is 6.60. The van der Waals surface area contributed by atoms with E-state index < -0.39 is 5.97 Å². The number of methoxy groups -OCH3 is 1. The molecule has 0 aliphatic rings. The summed E-state index contributed by atoms with van der Waals surface area (Å²) in [6.45, 7) is 0.919. The number of carbonyl (C=O) groups is 2. The van der Waals surface area contributed by atoms with E-state index in [0.29, 0.717) is 18.7 Å². The van der Waals surface area contributed by atoms with Crippen LogP contribution in [0.15, 0.2) is 24.3 Å². The van der Waals surface area contributed by atoms with Crippen molar-refractivity contribution >= 4 is 22.8 Å². The number of aromatic nitrogens is 1. The van der Waals surface area contributed by atoms with Crippen molar-refractivity contribution in [1.82, 2.24) is 9.88 Å². The summed E-state index contributed by atoms with van der Waals surface area (Å²) >= 11 is 0. The van der Waals surface area contributed by atoms with Crippen LogP contribution in [-0.4, -0.2) is 54.2 Å². The number of likely N-dealkylation sites (N-methyl/N-ethyl adjacent to an activating group) is 1. The van der Waals surface area contributed by atoms with E-state index in [4.69, 9.17) is 4.74 Å². The Labute approximate surface area is 122 Å². The number of carboxylic acids is 1. The number of ether oxygens (including phenoxy) is 1. The van der Waals surface area contributed by atoms with Crippen molar-refractivity contribution in [3.05, 3.63) is 35.5 Å². The molecule has 1 aromatic carbocycles. The maximum absolute atomic E-state index is 12.2. The molecule has 21 heavy (non-hydrogen) atoms. The van der Waals surface area contributed by atoms with E-state index in [9.17, 15) is 14.7 Å². The minimum Gasteiger partial charge on any atom is -0.477 e. The first-order chi connectivity index (χ1) is 10.0. The van der Waals surface area contributed by atoms with Gasteiger partial charge in [0, 0.05) is 37.2 Å². The Bertz CT molecular complexity index is 663. The number of aromatic carboxylic acids is 1. The highest BCUT2D eigenvalue weighted by molar-refractivity contribution is 5.99. The zero-order valence-electron chi connectivity index (χ0n) is 12.0. The molecule has 0 atom stereocenters. The van der Waals surface area contributed by atoms with Gasteiger partial charge in [0.1, 0.15) is 5.69 Å². The molecule has 112 valence electrons. The number of rotatable bonds is 6. The fourth-order valence-electron chi connectivity index (χ4n) is 2.21. The van der Waals surface area contributed by atoms with Crippen molar-refractivity contribution in [2.75, 3.05) is 27.3 Å². The Morgan fingerprint density at radius 2 is 2.05 bits per heavy atom. The van der Waals surface area contributed by atoms with E-state index in [1.165, 1.54) is 4.90 Å². The molecule has 6 nitrogen and oxygen atoms in total. The van der Waals surface area contributed by atoms with Gasteiger partial charge in [0.05, 0.1) is 13.0 Å². The lowest BCUT2D eigenvalue weighted by molar-refractivity contribution is -0.129. The van der Waals surface area contributed by atoms with Crippen LogP contribution < -0.4 is 0 Å². The highest BCUT2D eigenvalue weighted by Gasteiger charge is 2.20. The molecule has 0 unspecified atom stereocenters. The highest BCUT2D eigenvalue weighted by atomic mass is 16.5. The first-order valence-corrected chi connectivity index (χ1v) is 6.60. The fourth-order valence-corrected chi connectivity index (χ4v) is 2.21. The van der Waals surface area contributed by atoms with Gasteiger partial charge in [0.2, 0.25) is 5.91 Å². The Hall–Kier alpha value is -2.34. The third-order valence-electron chi connectivity index (χ3n) is 3.41. The Kier molecular flexibility index (Phi) is 4.59. The van der Waals surface area contributed by atoms with E-state index in [0.717, 1.165) is 10.9 Å². The largest absolute Gasteiger partial charge is 0.477 e. The highest BCUT2D eigenvalue weighted by Crippen LogP contribution is 2.23. The molecule has 2 N–H and O–H groups in total. The molecule has 1 amide bonds. The molecule has 0 fully saturated rings. The molecule has 0 aliphatic carbocycles. The number of para-hydroxylation sites is 1. The van der Waals surface area contributed by atoms with Gasteiger partial charge in [0.15, 0.2) is 0 Å². The van der Waals surface area contributed by atoms with Gasteiger partial charge in [0.25, 0.3) is 0 Å². The monoisotopic (exact) mass is 290 g/mol. The SMILES string of the molecule is COCCN(C)C(=O)Cc1c(C(=O)O)[nH]c2ccccc12. The molecule has 0 saturated carbocycles. The summed E-state index contributed by atoms with van der Waals surface area (Å²) in [5.41, 5.74) is 1.31.